The lowest BCUT2D eigenvalue weighted by Crippen LogP contribution is -2.58. The fraction of sp³-hybridized carbons (Fsp3) is 0.761. The minimum absolute atomic E-state index is 0.0154. The highest BCUT2D eigenvalue weighted by atomic mass is 16.6. The maximum Gasteiger partial charge on any atom is 0.408 e. The van der Waals surface area contributed by atoms with Gasteiger partial charge in [-0.15, -0.1) is 0 Å². The van der Waals surface area contributed by atoms with Crippen LogP contribution >= 0.6 is 0 Å². The molecule has 4 aliphatic heterocycles. The number of methoxy groups -OCH3 is 4. The number of pyridine rings is 1. The van der Waals surface area contributed by atoms with Crippen LogP contribution in [0.3, 0.4) is 0 Å². The van der Waals surface area contributed by atoms with Crippen LogP contribution in [0.1, 0.15) is 137 Å². The zero-order valence-corrected chi connectivity index (χ0v) is 62.0. The molecule has 0 saturated carbocycles. The summed E-state index contributed by atoms with van der Waals surface area (Å²) in [6, 6.07) is -1.27. The van der Waals surface area contributed by atoms with E-state index in [2.05, 4.69) is 50.1 Å². The van der Waals surface area contributed by atoms with Crippen molar-refractivity contribution in [3.63, 3.8) is 0 Å². The molecule has 0 unspecified atom stereocenters. The van der Waals surface area contributed by atoms with Crippen LogP contribution in [0, 0.1) is 6.92 Å². The molecule has 7 rings (SSSR count). The van der Waals surface area contributed by atoms with E-state index < -0.39 is 65.7 Å². The lowest BCUT2D eigenvalue weighted by molar-refractivity contribution is -0.148. The third-order valence-electron chi connectivity index (χ3n) is 15.7. The molecule has 4 saturated heterocycles. The van der Waals surface area contributed by atoms with Gasteiger partial charge in [-0.1, -0.05) is 0 Å². The first-order valence-electron chi connectivity index (χ1n) is 33.4. The van der Waals surface area contributed by atoms with Gasteiger partial charge in [0.2, 0.25) is 17.7 Å². The first kappa shape index (κ1) is 84.7. The molecule has 0 radical (unpaired) electrons. The molecular formula is C67H117N13O17. The number of nitrogens with two attached hydrogens (primary N) is 1. The van der Waals surface area contributed by atoms with Crippen LogP contribution < -0.4 is 27.0 Å². The van der Waals surface area contributed by atoms with E-state index in [0.717, 1.165) is 35.8 Å². The van der Waals surface area contributed by atoms with Crippen molar-refractivity contribution in [3.05, 3.63) is 30.5 Å². The quantitative estimate of drug-likeness (QED) is 0.0904. The minimum Gasteiger partial charge on any atom is -0.480 e. The van der Waals surface area contributed by atoms with E-state index in [0.29, 0.717) is 69.4 Å². The van der Waals surface area contributed by atoms with Gasteiger partial charge in [0, 0.05) is 106 Å². The SMILES string of the molecule is CCn1c(-c2cnc(C)nc2)nc2c(N[C@H](C(=O)N3C[C@@H](C)O[C@@H](C)C3)[C@@H](C)OC)ccnc21.CO[C@H](C)[C@H](N)C(=O)N1C[C@@H](C)O[C@@H](C)C1.CO[C@H](C)[C@H](NC(=O)OC(C)(C)C)C(=O)N1C[C@@H](C)O[C@@H](C)C1.CO[C@H](C)[C@H](NC(=O)OC(C)(C)C)C(=O)O.C[C@@H]1CNC[C@H](C)O1. The number of imidazole rings is 1. The largest absolute Gasteiger partial charge is 0.480 e. The summed E-state index contributed by atoms with van der Waals surface area (Å²) in [7, 11) is 6.05. The molecule has 552 valence electrons. The summed E-state index contributed by atoms with van der Waals surface area (Å²) in [5, 5.41) is 20.4. The summed E-state index contributed by atoms with van der Waals surface area (Å²) in [6.07, 6.45) is 2.96. The van der Waals surface area contributed by atoms with Crippen molar-refractivity contribution in [3.8, 4) is 11.4 Å². The Balaban J connectivity index is 0.000000339. The van der Waals surface area contributed by atoms with Gasteiger partial charge in [-0.3, -0.25) is 14.4 Å². The van der Waals surface area contributed by atoms with Gasteiger partial charge in [-0.25, -0.2) is 34.3 Å². The Morgan fingerprint density at radius 1 is 0.588 bits per heavy atom. The number of fused-ring (bicyclic) bond motifs is 1. The number of amides is 5. The monoisotopic (exact) mass is 1380 g/mol. The lowest BCUT2D eigenvalue weighted by Gasteiger charge is -2.38. The summed E-state index contributed by atoms with van der Waals surface area (Å²) in [5.41, 5.74) is 7.49. The second kappa shape index (κ2) is 39.9. The average Bonchev–Trinajstić information content (AvgIpc) is 1.63. The number of nitrogens with one attached hydrogen (secondary N) is 4. The molecule has 5 amide bonds. The highest BCUT2D eigenvalue weighted by molar-refractivity contribution is 5.93. The van der Waals surface area contributed by atoms with Crippen LogP contribution in [-0.4, -0.2) is 270 Å². The smallest absolute Gasteiger partial charge is 0.408 e. The number of anilines is 1. The number of alkyl carbamates (subject to hydrolysis) is 2. The van der Waals surface area contributed by atoms with Crippen LogP contribution in [-0.2, 0) is 73.1 Å². The molecule has 3 aromatic rings. The highest BCUT2D eigenvalue weighted by Gasteiger charge is 2.38. The molecule has 4 fully saturated rings. The molecule has 7 N–H and O–H groups in total. The number of nitrogens with zero attached hydrogens (tertiary/aromatic N) is 8. The fourth-order valence-corrected chi connectivity index (χ4v) is 10.8. The van der Waals surface area contributed by atoms with E-state index in [1.54, 1.807) is 105 Å². The first-order valence-corrected chi connectivity index (χ1v) is 33.4. The van der Waals surface area contributed by atoms with Crippen molar-refractivity contribution in [1.82, 2.24) is 55.2 Å². The molecule has 30 heteroatoms. The highest BCUT2D eigenvalue weighted by Crippen LogP contribution is 2.29. The maximum absolute atomic E-state index is 13.6. The van der Waals surface area contributed by atoms with Crippen molar-refractivity contribution in [2.75, 3.05) is 86.1 Å². The van der Waals surface area contributed by atoms with E-state index >= 15 is 0 Å². The molecule has 3 aromatic heterocycles. The fourth-order valence-electron chi connectivity index (χ4n) is 10.8. The van der Waals surface area contributed by atoms with Crippen LogP contribution in [0.2, 0.25) is 0 Å². The second-order valence-corrected chi connectivity index (χ2v) is 27.1. The number of carbonyl (C=O) groups is 6. The molecule has 16 atom stereocenters. The standard InChI is InChI=1S/C24H33N7O3.C16H30N2O5.C11H22N2O3.C10H19NO5.C6H13NO/c1-7-31-22(18-10-26-17(5)27-11-18)29-21-19(8-9-25-23(21)31)28-20(16(4)33-6)24(32)30-12-14(2)34-15(3)13-30;1-10-8-18(9-11(2)22-10)14(19)13(12(3)21-7)17-15(20)23-16(4,5)6;1-7-5-13(6-8(2)16-7)11(14)10(12)9(3)15-4;1-6(15-5)7(8(12)13)11-9(14)16-10(2,3)4;1-5-3-7-4-6(2)8-5/h8-11,14-16,20H,7,12-13H2,1-6H3,(H,25,28);10-13H,8-9H2,1-7H3,(H,17,20);7-10H,5-6,12H2,1-4H3;6-7H,1-5H3,(H,11,14)(H,12,13);5-7H,3-4H2,1-2H3/t14-,15+,16-,20+;10-,11+,12-,13+;7-,8+,9-,10+;6-,7+;5-,6+/m1111./s1. The molecule has 7 heterocycles. The number of carboxylic acid groups (broad SMARTS) is 1. The van der Waals surface area contributed by atoms with Crippen molar-refractivity contribution in [2.45, 2.75) is 254 Å². The maximum atomic E-state index is 13.6. The van der Waals surface area contributed by atoms with Gasteiger partial charge in [-0.2, -0.15) is 0 Å². The van der Waals surface area contributed by atoms with Crippen molar-refractivity contribution in [1.29, 1.82) is 0 Å². The zero-order chi connectivity index (χ0) is 73.4. The van der Waals surface area contributed by atoms with E-state index in [4.69, 9.17) is 63.2 Å². The number of ether oxygens (including phenoxy) is 10. The van der Waals surface area contributed by atoms with Gasteiger partial charge >= 0.3 is 18.2 Å². The Kier molecular flexibility index (Phi) is 34.9. The molecule has 0 bridgehead atoms. The number of aliphatic carboxylic acids is 1. The Labute approximate surface area is 574 Å². The van der Waals surface area contributed by atoms with Gasteiger partial charge < -0.3 is 98.7 Å². The number of rotatable bonds is 18. The Morgan fingerprint density at radius 2 is 0.959 bits per heavy atom. The molecule has 97 heavy (non-hydrogen) atoms. The van der Waals surface area contributed by atoms with Gasteiger partial charge in [0.1, 0.15) is 46.5 Å². The molecule has 0 aromatic carbocycles. The van der Waals surface area contributed by atoms with Crippen LogP contribution in [0.25, 0.3) is 22.6 Å². The van der Waals surface area contributed by atoms with Crippen LogP contribution in [0.4, 0.5) is 15.3 Å². The number of carboxylic acids is 1. The molecular weight excluding hydrogens is 1260 g/mol. The Morgan fingerprint density at radius 3 is 1.33 bits per heavy atom. The third-order valence-corrected chi connectivity index (χ3v) is 15.7. The Bertz CT molecular complexity index is 2880. The first-order chi connectivity index (χ1) is 45.3. The summed E-state index contributed by atoms with van der Waals surface area (Å²) in [6.45, 7) is 43.2. The number of morpholine rings is 4. The second-order valence-electron chi connectivity index (χ2n) is 27.1. The molecule has 0 spiro atoms. The van der Waals surface area contributed by atoms with Crippen molar-refractivity contribution < 1.29 is 81.2 Å². The topological polar surface area (TPSA) is 355 Å². The van der Waals surface area contributed by atoms with Crippen LogP contribution in [0.15, 0.2) is 24.7 Å². The summed E-state index contributed by atoms with van der Waals surface area (Å²) in [4.78, 5) is 96.1. The number of aromatic nitrogens is 5. The van der Waals surface area contributed by atoms with Crippen LogP contribution in [0.5, 0.6) is 0 Å². The normalized spacial score (nSPS) is 23.7. The number of carbonyl (C=O) groups excluding carboxylic acids is 5. The average molecular weight is 1380 g/mol. The van der Waals surface area contributed by atoms with Crippen molar-refractivity contribution in [2.24, 2.45) is 5.73 Å². The van der Waals surface area contributed by atoms with E-state index in [1.807, 2.05) is 77.8 Å². The Hall–Kier alpha value is -6.48. The predicted molar refractivity (Wildman–Crippen MR) is 367 cm³/mol. The number of aryl methyl sites for hydroxylation is 2. The van der Waals surface area contributed by atoms with E-state index in [-0.39, 0.29) is 66.6 Å². The van der Waals surface area contributed by atoms with Crippen molar-refractivity contribution >= 4 is 52.7 Å². The summed E-state index contributed by atoms with van der Waals surface area (Å²) in [5.74, 6) is -0.00467. The zero-order valence-electron chi connectivity index (χ0n) is 62.0. The minimum atomic E-state index is -1.17. The molecule has 4 aliphatic rings. The number of hydrogen-bond donors (Lipinski definition) is 6. The molecule has 30 nitrogen and oxygen atoms in total. The summed E-state index contributed by atoms with van der Waals surface area (Å²) < 4.78 is 55.4. The third kappa shape index (κ3) is 28.4. The van der Waals surface area contributed by atoms with Gasteiger partial charge in [0.15, 0.2) is 11.7 Å². The van der Waals surface area contributed by atoms with Gasteiger partial charge in [0.05, 0.1) is 84.5 Å². The van der Waals surface area contributed by atoms with E-state index in [1.165, 1.54) is 14.2 Å². The van der Waals surface area contributed by atoms with Gasteiger partial charge in [-0.05, 0) is 145 Å². The predicted octanol–water partition coefficient (Wildman–Crippen LogP) is 5.59. The van der Waals surface area contributed by atoms with E-state index in [9.17, 15) is 28.8 Å². The van der Waals surface area contributed by atoms with Gasteiger partial charge in [0.25, 0.3) is 0 Å². The lowest BCUT2D eigenvalue weighted by atomic mass is 10.1. The number of hydrogen-bond acceptors (Lipinski definition) is 23. The molecule has 0 aliphatic carbocycles. The summed E-state index contributed by atoms with van der Waals surface area (Å²) >= 11 is 0.